The molecule has 0 saturated carbocycles. The summed E-state index contributed by atoms with van der Waals surface area (Å²) in [5.41, 5.74) is 1.49. The van der Waals surface area contributed by atoms with Gasteiger partial charge >= 0.3 is 0 Å². The van der Waals surface area contributed by atoms with E-state index in [1.54, 1.807) is 29.9 Å². The number of rotatable bonds is 3. The SMILES string of the molecule is Cc1nc(CC(O)c2cnccn2)cs1. The highest BCUT2D eigenvalue weighted by Crippen LogP contribution is 2.16. The summed E-state index contributed by atoms with van der Waals surface area (Å²) >= 11 is 1.58. The molecule has 2 heterocycles. The van der Waals surface area contributed by atoms with Crippen LogP contribution in [0.3, 0.4) is 0 Å². The van der Waals surface area contributed by atoms with Crippen LogP contribution < -0.4 is 0 Å². The predicted octanol–water partition coefficient (Wildman–Crippen LogP) is 1.52. The molecule has 0 aromatic carbocycles. The summed E-state index contributed by atoms with van der Waals surface area (Å²) in [7, 11) is 0. The number of nitrogens with zero attached hydrogens (tertiary/aromatic N) is 3. The molecule has 1 atom stereocenters. The molecule has 2 aromatic rings. The van der Waals surface area contributed by atoms with Gasteiger partial charge in [0.1, 0.15) is 6.10 Å². The zero-order valence-corrected chi connectivity index (χ0v) is 9.11. The predicted molar refractivity (Wildman–Crippen MR) is 57.5 cm³/mol. The second-order valence-corrected chi connectivity index (χ2v) is 4.27. The van der Waals surface area contributed by atoms with Gasteiger partial charge in [-0.05, 0) is 6.92 Å². The summed E-state index contributed by atoms with van der Waals surface area (Å²) in [5, 5.41) is 12.8. The molecule has 1 N–H and O–H groups in total. The van der Waals surface area contributed by atoms with Crippen LogP contribution >= 0.6 is 11.3 Å². The van der Waals surface area contributed by atoms with Gasteiger partial charge in [-0.2, -0.15) is 0 Å². The molecule has 0 aliphatic heterocycles. The Bertz CT molecular complexity index is 429. The third kappa shape index (κ3) is 2.57. The lowest BCUT2D eigenvalue weighted by Gasteiger charge is -2.06. The summed E-state index contributed by atoms with van der Waals surface area (Å²) in [4.78, 5) is 12.2. The topological polar surface area (TPSA) is 58.9 Å². The number of aliphatic hydroxyl groups is 1. The molecule has 5 heteroatoms. The van der Waals surface area contributed by atoms with Crippen LogP contribution in [0.15, 0.2) is 24.0 Å². The molecule has 0 fully saturated rings. The van der Waals surface area contributed by atoms with E-state index in [0.717, 1.165) is 10.7 Å². The van der Waals surface area contributed by atoms with Crippen LogP contribution in [0, 0.1) is 6.92 Å². The molecule has 1 unspecified atom stereocenters. The Hall–Kier alpha value is -1.33. The summed E-state index contributed by atoms with van der Waals surface area (Å²) in [6, 6.07) is 0. The molecule has 0 radical (unpaired) electrons. The molecule has 0 bridgehead atoms. The Morgan fingerprint density at radius 1 is 1.47 bits per heavy atom. The zero-order chi connectivity index (χ0) is 10.7. The van der Waals surface area contributed by atoms with Crippen molar-refractivity contribution in [1.29, 1.82) is 0 Å². The van der Waals surface area contributed by atoms with E-state index in [0.29, 0.717) is 12.1 Å². The first kappa shape index (κ1) is 10.2. The third-order valence-electron chi connectivity index (χ3n) is 1.99. The first-order chi connectivity index (χ1) is 7.25. The average Bonchev–Trinajstić information content (AvgIpc) is 2.65. The average molecular weight is 221 g/mol. The van der Waals surface area contributed by atoms with Gasteiger partial charge in [0.05, 0.1) is 22.6 Å². The van der Waals surface area contributed by atoms with Crippen LogP contribution in [0.1, 0.15) is 22.5 Å². The van der Waals surface area contributed by atoms with Gasteiger partial charge in [0.15, 0.2) is 0 Å². The Morgan fingerprint density at radius 3 is 2.93 bits per heavy atom. The van der Waals surface area contributed by atoms with E-state index in [1.807, 2.05) is 12.3 Å². The molecule has 2 rings (SSSR count). The molecular weight excluding hydrogens is 210 g/mol. The quantitative estimate of drug-likeness (QED) is 0.853. The molecule has 78 valence electrons. The van der Waals surface area contributed by atoms with E-state index in [1.165, 1.54) is 0 Å². The maximum Gasteiger partial charge on any atom is 0.103 e. The van der Waals surface area contributed by atoms with Crippen LogP contribution in [-0.2, 0) is 6.42 Å². The largest absolute Gasteiger partial charge is 0.386 e. The van der Waals surface area contributed by atoms with Gasteiger partial charge in [-0.1, -0.05) is 0 Å². The van der Waals surface area contributed by atoms with Crippen molar-refractivity contribution in [3.8, 4) is 0 Å². The third-order valence-corrected chi connectivity index (χ3v) is 2.82. The van der Waals surface area contributed by atoms with Gasteiger partial charge in [-0.25, -0.2) is 4.98 Å². The fourth-order valence-corrected chi connectivity index (χ4v) is 1.91. The molecular formula is C10H11N3OS. The van der Waals surface area contributed by atoms with Gasteiger partial charge in [-0.3, -0.25) is 9.97 Å². The molecule has 0 aliphatic carbocycles. The number of aromatic nitrogens is 3. The minimum absolute atomic E-state index is 0.489. The van der Waals surface area contributed by atoms with Crippen molar-refractivity contribution in [2.75, 3.05) is 0 Å². The normalized spacial score (nSPS) is 12.7. The standard InChI is InChI=1S/C10H11N3OS/c1-7-13-8(6-15-7)4-10(14)9-5-11-2-3-12-9/h2-3,5-6,10,14H,4H2,1H3. The van der Waals surface area contributed by atoms with E-state index >= 15 is 0 Å². The Morgan fingerprint density at radius 2 is 2.33 bits per heavy atom. The van der Waals surface area contributed by atoms with Gasteiger partial charge in [-0.15, -0.1) is 11.3 Å². The summed E-state index contributed by atoms with van der Waals surface area (Å²) in [6.45, 7) is 1.95. The molecule has 15 heavy (non-hydrogen) atoms. The number of thiazole rings is 1. The number of hydrogen-bond acceptors (Lipinski definition) is 5. The van der Waals surface area contributed by atoms with Crippen LogP contribution in [-0.4, -0.2) is 20.1 Å². The fraction of sp³-hybridized carbons (Fsp3) is 0.300. The zero-order valence-electron chi connectivity index (χ0n) is 8.29. The minimum Gasteiger partial charge on any atom is -0.386 e. The van der Waals surface area contributed by atoms with Crippen LogP contribution in [0.5, 0.6) is 0 Å². The van der Waals surface area contributed by atoms with Crippen molar-refractivity contribution in [3.63, 3.8) is 0 Å². The second-order valence-electron chi connectivity index (χ2n) is 3.21. The number of hydrogen-bond donors (Lipinski definition) is 1. The van der Waals surface area contributed by atoms with Crippen molar-refractivity contribution >= 4 is 11.3 Å². The lowest BCUT2D eigenvalue weighted by molar-refractivity contribution is 0.172. The van der Waals surface area contributed by atoms with Gasteiger partial charge in [0.25, 0.3) is 0 Å². The molecule has 0 spiro atoms. The van der Waals surface area contributed by atoms with E-state index in [4.69, 9.17) is 0 Å². The lowest BCUT2D eigenvalue weighted by atomic mass is 10.1. The minimum atomic E-state index is -0.625. The van der Waals surface area contributed by atoms with Crippen molar-refractivity contribution in [2.24, 2.45) is 0 Å². The number of aliphatic hydroxyl groups excluding tert-OH is 1. The van der Waals surface area contributed by atoms with Gasteiger partial charge in [0, 0.05) is 24.2 Å². The Kier molecular flexibility index (Phi) is 3.03. The monoisotopic (exact) mass is 221 g/mol. The van der Waals surface area contributed by atoms with Crippen LogP contribution in [0.25, 0.3) is 0 Å². The Labute approximate surface area is 91.7 Å². The van der Waals surface area contributed by atoms with E-state index in [2.05, 4.69) is 15.0 Å². The maximum absolute atomic E-state index is 9.85. The maximum atomic E-state index is 9.85. The number of aryl methyl sites for hydroxylation is 1. The van der Waals surface area contributed by atoms with Crippen molar-refractivity contribution in [1.82, 2.24) is 15.0 Å². The Balaban J connectivity index is 2.07. The molecule has 0 amide bonds. The van der Waals surface area contributed by atoms with Gasteiger partial charge < -0.3 is 5.11 Å². The molecule has 0 saturated heterocycles. The molecule has 2 aromatic heterocycles. The van der Waals surface area contributed by atoms with Crippen molar-refractivity contribution in [3.05, 3.63) is 40.4 Å². The lowest BCUT2D eigenvalue weighted by Crippen LogP contribution is -2.04. The summed E-state index contributed by atoms with van der Waals surface area (Å²) < 4.78 is 0. The molecule has 4 nitrogen and oxygen atoms in total. The first-order valence-corrected chi connectivity index (χ1v) is 5.48. The van der Waals surface area contributed by atoms with Crippen LogP contribution in [0.2, 0.25) is 0 Å². The van der Waals surface area contributed by atoms with E-state index < -0.39 is 6.10 Å². The summed E-state index contributed by atoms with van der Waals surface area (Å²) in [6.07, 6.45) is 4.60. The van der Waals surface area contributed by atoms with E-state index in [9.17, 15) is 5.11 Å². The van der Waals surface area contributed by atoms with E-state index in [-0.39, 0.29) is 0 Å². The highest BCUT2D eigenvalue weighted by Gasteiger charge is 2.11. The van der Waals surface area contributed by atoms with Crippen LogP contribution in [0.4, 0.5) is 0 Å². The molecule has 0 aliphatic rings. The smallest absolute Gasteiger partial charge is 0.103 e. The first-order valence-electron chi connectivity index (χ1n) is 4.60. The van der Waals surface area contributed by atoms with Gasteiger partial charge in [0.2, 0.25) is 0 Å². The summed E-state index contributed by atoms with van der Waals surface area (Å²) in [5.74, 6) is 0. The fourth-order valence-electron chi connectivity index (χ4n) is 1.29. The second kappa shape index (κ2) is 4.46. The van der Waals surface area contributed by atoms with Crippen molar-refractivity contribution in [2.45, 2.75) is 19.4 Å². The highest BCUT2D eigenvalue weighted by atomic mass is 32.1. The van der Waals surface area contributed by atoms with Crippen molar-refractivity contribution < 1.29 is 5.11 Å². The highest BCUT2D eigenvalue weighted by molar-refractivity contribution is 7.09.